The minimum atomic E-state index is 0.151. The van der Waals surface area contributed by atoms with E-state index in [0.29, 0.717) is 0 Å². The minimum absolute atomic E-state index is 0.151. The van der Waals surface area contributed by atoms with Crippen molar-refractivity contribution in [3.05, 3.63) is 0 Å². The van der Waals surface area contributed by atoms with E-state index in [2.05, 4.69) is 5.32 Å². The summed E-state index contributed by atoms with van der Waals surface area (Å²) < 4.78 is 0. The van der Waals surface area contributed by atoms with E-state index in [-0.39, 0.29) is 5.91 Å². The SMILES string of the molecule is CC.CCN(CCNC)C(C)=O. The normalized spacial score (nSPS) is 8.42. The highest BCUT2D eigenvalue weighted by molar-refractivity contribution is 5.73. The summed E-state index contributed by atoms with van der Waals surface area (Å²) in [4.78, 5) is 12.6. The van der Waals surface area contributed by atoms with Gasteiger partial charge in [-0.2, -0.15) is 0 Å². The molecule has 0 saturated heterocycles. The van der Waals surface area contributed by atoms with Crippen molar-refractivity contribution in [1.29, 1.82) is 0 Å². The molecule has 1 N–H and O–H groups in total. The molecule has 1 amide bonds. The lowest BCUT2D eigenvalue weighted by Gasteiger charge is -2.17. The second-order valence-electron chi connectivity index (χ2n) is 2.20. The number of nitrogens with one attached hydrogen (secondary N) is 1. The van der Waals surface area contributed by atoms with Crippen LogP contribution in [0.4, 0.5) is 0 Å². The summed E-state index contributed by atoms with van der Waals surface area (Å²) in [7, 11) is 1.88. The van der Waals surface area contributed by atoms with Crippen LogP contribution in [0, 0.1) is 0 Å². The van der Waals surface area contributed by atoms with E-state index in [1.807, 2.05) is 27.8 Å². The van der Waals surface area contributed by atoms with Crippen LogP contribution in [0.5, 0.6) is 0 Å². The fraction of sp³-hybridized carbons (Fsp3) is 0.889. The van der Waals surface area contributed by atoms with E-state index >= 15 is 0 Å². The van der Waals surface area contributed by atoms with Crippen molar-refractivity contribution in [2.45, 2.75) is 27.7 Å². The predicted molar refractivity (Wildman–Crippen MR) is 53.2 cm³/mol. The standard InChI is InChI=1S/C7H16N2O.C2H6/c1-4-9(7(2)10)6-5-8-3;1-2/h8H,4-6H2,1-3H3;1-2H3. The molecule has 0 aliphatic rings. The van der Waals surface area contributed by atoms with Gasteiger partial charge in [0.15, 0.2) is 0 Å². The molecule has 0 fully saturated rings. The van der Waals surface area contributed by atoms with E-state index < -0.39 is 0 Å². The topological polar surface area (TPSA) is 32.3 Å². The van der Waals surface area contributed by atoms with E-state index in [1.54, 1.807) is 11.8 Å². The summed E-state index contributed by atoms with van der Waals surface area (Å²) in [5, 5.41) is 2.99. The molecular weight excluding hydrogens is 152 g/mol. The quantitative estimate of drug-likeness (QED) is 0.692. The number of likely N-dealkylation sites (N-methyl/N-ethyl adjacent to an activating group) is 2. The Labute approximate surface area is 76.1 Å². The van der Waals surface area contributed by atoms with Gasteiger partial charge in [0.2, 0.25) is 5.91 Å². The number of hydrogen-bond donors (Lipinski definition) is 1. The second-order valence-corrected chi connectivity index (χ2v) is 2.20. The third kappa shape index (κ3) is 7.54. The summed E-state index contributed by atoms with van der Waals surface area (Å²) in [5.41, 5.74) is 0. The zero-order valence-corrected chi connectivity index (χ0v) is 8.98. The van der Waals surface area contributed by atoms with Crippen molar-refractivity contribution < 1.29 is 4.79 Å². The molecule has 0 heterocycles. The monoisotopic (exact) mass is 174 g/mol. The largest absolute Gasteiger partial charge is 0.342 e. The average molecular weight is 174 g/mol. The molecule has 3 nitrogen and oxygen atoms in total. The minimum Gasteiger partial charge on any atom is -0.342 e. The fourth-order valence-corrected chi connectivity index (χ4v) is 0.785. The first-order valence-corrected chi connectivity index (χ1v) is 4.62. The van der Waals surface area contributed by atoms with Gasteiger partial charge in [-0.1, -0.05) is 13.8 Å². The Balaban J connectivity index is 0. The van der Waals surface area contributed by atoms with Crippen LogP contribution in [0.2, 0.25) is 0 Å². The Hall–Kier alpha value is -0.570. The summed E-state index contributed by atoms with van der Waals surface area (Å²) in [6.45, 7) is 10.1. The van der Waals surface area contributed by atoms with Crippen LogP contribution in [-0.2, 0) is 4.79 Å². The highest BCUT2D eigenvalue weighted by Crippen LogP contribution is 1.85. The fourth-order valence-electron chi connectivity index (χ4n) is 0.785. The Morgan fingerprint density at radius 1 is 1.42 bits per heavy atom. The molecule has 0 spiro atoms. The molecule has 3 heteroatoms. The van der Waals surface area contributed by atoms with Gasteiger partial charge in [-0.15, -0.1) is 0 Å². The Bertz CT molecular complexity index is 105. The van der Waals surface area contributed by atoms with Gasteiger partial charge in [-0.25, -0.2) is 0 Å². The Morgan fingerprint density at radius 3 is 2.17 bits per heavy atom. The molecule has 0 rings (SSSR count). The van der Waals surface area contributed by atoms with Gasteiger partial charge in [-0.05, 0) is 14.0 Å². The van der Waals surface area contributed by atoms with Crippen LogP contribution in [0.3, 0.4) is 0 Å². The predicted octanol–water partition coefficient (Wildman–Crippen LogP) is 1.10. The zero-order chi connectivity index (χ0) is 9.98. The lowest BCUT2D eigenvalue weighted by Crippen LogP contribution is -2.34. The van der Waals surface area contributed by atoms with Crippen LogP contribution in [0.25, 0.3) is 0 Å². The van der Waals surface area contributed by atoms with Crippen LogP contribution in [0.1, 0.15) is 27.7 Å². The molecule has 0 bridgehead atoms. The molecule has 0 aromatic heterocycles. The summed E-state index contributed by atoms with van der Waals surface area (Å²) in [6.07, 6.45) is 0. The van der Waals surface area contributed by atoms with Crippen molar-refractivity contribution in [2.75, 3.05) is 26.7 Å². The third-order valence-corrected chi connectivity index (χ3v) is 1.46. The first kappa shape index (κ1) is 14.0. The maximum atomic E-state index is 10.8. The first-order chi connectivity index (χ1) is 5.72. The summed E-state index contributed by atoms with van der Waals surface area (Å²) >= 11 is 0. The van der Waals surface area contributed by atoms with Crippen molar-refractivity contribution in [3.8, 4) is 0 Å². The van der Waals surface area contributed by atoms with Gasteiger partial charge in [0.25, 0.3) is 0 Å². The van der Waals surface area contributed by atoms with Crippen LogP contribution >= 0.6 is 0 Å². The van der Waals surface area contributed by atoms with Gasteiger partial charge in [0.1, 0.15) is 0 Å². The maximum Gasteiger partial charge on any atom is 0.219 e. The molecule has 0 aromatic rings. The van der Waals surface area contributed by atoms with Crippen LogP contribution in [0.15, 0.2) is 0 Å². The maximum absolute atomic E-state index is 10.8. The second kappa shape index (κ2) is 10.4. The third-order valence-electron chi connectivity index (χ3n) is 1.46. The van der Waals surface area contributed by atoms with E-state index in [9.17, 15) is 4.79 Å². The molecule has 0 radical (unpaired) electrons. The molecule has 0 atom stereocenters. The van der Waals surface area contributed by atoms with Crippen molar-refractivity contribution in [1.82, 2.24) is 10.2 Å². The lowest BCUT2D eigenvalue weighted by atomic mass is 10.4. The van der Waals surface area contributed by atoms with Crippen molar-refractivity contribution in [3.63, 3.8) is 0 Å². The smallest absolute Gasteiger partial charge is 0.219 e. The molecular formula is C9H22N2O. The van der Waals surface area contributed by atoms with Crippen molar-refractivity contribution >= 4 is 5.91 Å². The molecule has 74 valence electrons. The van der Waals surface area contributed by atoms with E-state index in [1.165, 1.54) is 0 Å². The number of carbonyl (C=O) groups excluding carboxylic acids is 1. The Kier molecular flexibility index (Phi) is 12.2. The molecule has 12 heavy (non-hydrogen) atoms. The number of nitrogens with zero attached hydrogens (tertiary/aromatic N) is 1. The van der Waals surface area contributed by atoms with E-state index in [4.69, 9.17) is 0 Å². The van der Waals surface area contributed by atoms with Gasteiger partial charge >= 0.3 is 0 Å². The summed E-state index contributed by atoms with van der Waals surface area (Å²) in [6, 6.07) is 0. The number of amides is 1. The molecule has 0 aliphatic carbocycles. The molecule has 0 unspecified atom stereocenters. The van der Waals surface area contributed by atoms with Crippen LogP contribution < -0.4 is 5.32 Å². The zero-order valence-electron chi connectivity index (χ0n) is 8.98. The van der Waals surface area contributed by atoms with Gasteiger partial charge in [0.05, 0.1) is 0 Å². The average Bonchev–Trinajstić information content (AvgIpc) is 2.09. The lowest BCUT2D eigenvalue weighted by molar-refractivity contribution is -0.128. The first-order valence-electron chi connectivity index (χ1n) is 4.62. The van der Waals surface area contributed by atoms with Gasteiger partial charge in [0, 0.05) is 26.6 Å². The van der Waals surface area contributed by atoms with Gasteiger partial charge < -0.3 is 10.2 Å². The highest BCUT2D eigenvalue weighted by Gasteiger charge is 2.02. The van der Waals surface area contributed by atoms with Crippen LogP contribution in [-0.4, -0.2) is 37.5 Å². The highest BCUT2D eigenvalue weighted by atomic mass is 16.2. The number of carbonyl (C=O) groups is 1. The molecule has 0 aliphatic heterocycles. The number of hydrogen-bond acceptors (Lipinski definition) is 2. The van der Waals surface area contributed by atoms with E-state index in [0.717, 1.165) is 19.6 Å². The van der Waals surface area contributed by atoms with Crippen molar-refractivity contribution in [2.24, 2.45) is 0 Å². The summed E-state index contributed by atoms with van der Waals surface area (Å²) in [5.74, 6) is 0.151. The molecule has 0 saturated carbocycles. The Morgan fingerprint density at radius 2 is 1.92 bits per heavy atom. The number of rotatable bonds is 4. The molecule has 0 aromatic carbocycles. The van der Waals surface area contributed by atoms with Gasteiger partial charge in [-0.3, -0.25) is 4.79 Å².